The van der Waals surface area contributed by atoms with Crippen LogP contribution in [0, 0.1) is 0 Å². The van der Waals surface area contributed by atoms with E-state index in [-0.39, 0.29) is 5.82 Å². The SMILES string of the molecule is [N-]=[N+]=NC[C@]1(CO)OC[C@@](F)(Cn2ccc(N)nc2=O)[C@@H]1O. The summed E-state index contributed by atoms with van der Waals surface area (Å²) in [4.78, 5) is 17.6. The number of anilines is 1. The maximum Gasteiger partial charge on any atom is 0.349 e. The number of nitrogen functional groups attached to an aromatic ring is 1. The topological polar surface area (TPSA) is 159 Å². The summed E-state index contributed by atoms with van der Waals surface area (Å²) in [6, 6.07) is 1.31. The van der Waals surface area contributed by atoms with Crippen molar-refractivity contribution in [3.8, 4) is 0 Å². The van der Waals surface area contributed by atoms with Gasteiger partial charge in [-0.3, -0.25) is 4.57 Å². The van der Waals surface area contributed by atoms with E-state index in [2.05, 4.69) is 15.0 Å². The summed E-state index contributed by atoms with van der Waals surface area (Å²) in [6.07, 6.45) is -0.551. The van der Waals surface area contributed by atoms with Gasteiger partial charge in [0.25, 0.3) is 0 Å². The zero-order valence-corrected chi connectivity index (χ0v) is 11.5. The number of aliphatic hydroxyl groups excluding tert-OH is 2. The van der Waals surface area contributed by atoms with Crippen molar-refractivity contribution in [3.63, 3.8) is 0 Å². The van der Waals surface area contributed by atoms with Gasteiger partial charge in [-0.2, -0.15) is 4.98 Å². The molecule has 22 heavy (non-hydrogen) atoms. The fraction of sp³-hybridized carbons (Fsp3) is 0.636. The Bertz CT molecular complexity index is 662. The van der Waals surface area contributed by atoms with Crippen molar-refractivity contribution in [3.05, 3.63) is 33.2 Å². The molecule has 1 aromatic heterocycles. The number of nitrogens with two attached hydrogens (primary N) is 1. The maximum absolute atomic E-state index is 14.9. The molecule has 0 amide bonds. The molecule has 2 heterocycles. The molecule has 4 N–H and O–H groups in total. The number of hydrogen-bond acceptors (Lipinski definition) is 7. The molecule has 3 atom stereocenters. The lowest BCUT2D eigenvalue weighted by Gasteiger charge is -2.31. The lowest BCUT2D eigenvalue weighted by atomic mass is 9.88. The predicted octanol–water partition coefficient (Wildman–Crippen LogP) is -1.03. The van der Waals surface area contributed by atoms with Crippen molar-refractivity contribution in [1.29, 1.82) is 0 Å². The second-order valence-electron chi connectivity index (χ2n) is 5.10. The van der Waals surface area contributed by atoms with Gasteiger partial charge in [-0.05, 0) is 11.6 Å². The molecule has 2 rings (SSSR count). The van der Waals surface area contributed by atoms with E-state index < -0.39 is 49.4 Å². The molecule has 0 radical (unpaired) electrons. The quantitative estimate of drug-likeness (QED) is 0.358. The summed E-state index contributed by atoms with van der Waals surface area (Å²) < 4.78 is 21.0. The van der Waals surface area contributed by atoms with Gasteiger partial charge in [-0.25, -0.2) is 9.18 Å². The third-order valence-electron chi connectivity index (χ3n) is 3.59. The van der Waals surface area contributed by atoms with Gasteiger partial charge < -0.3 is 20.7 Å². The van der Waals surface area contributed by atoms with Crippen molar-refractivity contribution in [1.82, 2.24) is 9.55 Å². The van der Waals surface area contributed by atoms with Crippen LogP contribution in [0.2, 0.25) is 0 Å². The standard InChI is InChI=1S/C11H15FN6O4/c12-10(4-18-2-1-7(13)16-9(18)21)6-22-11(5-19,8(10)20)3-15-17-14/h1-2,8,19-20H,3-6H2,(H2,13,16,21)/t8-,10-,11+/m0/s1. The first-order valence-corrected chi connectivity index (χ1v) is 6.32. The second-order valence-corrected chi connectivity index (χ2v) is 5.10. The van der Waals surface area contributed by atoms with Crippen molar-refractivity contribution >= 4 is 5.82 Å². The molecule has 1 fully saturated rings. The number of rotatable bonds is 5. The van der Waals surface area contributed by atoms with Crippen LogP contribution in [0.5, 0.6) is 0 Å². The molecule has 1 aliphatic rings. The highest BCUT2D eigenvalue weighted by molar-refractivity contribution is 5.23. The van der Waals surface area contributed by atoms with Gasteiger partial charge in [0.2, 0.25) is 0 Å². The first-order valence-electron chi connectivity index (χ1n) is 6.32. The lowest BCUT2D eigenvalue weighted by Crippen LogP contribution is -2.54. The third-order valence-corrected chi connectivity index (χ3v) is 3.59. The highest BCUT2D eigenvalue weighted by Crippen LogP contribution is 2.37. The van der Waals surface area contributed by atoms with Gasteiger partial charge in [-0.15, -0.1) is 0 Å². The van der Waals surface area contributed by atoms with Crippen LogP contribution in [0.3, 0.4) is 0 Å². The van der Waals surface area contributed by atoms with E-state index in [9.17, 15) is 19.4 Å². The van der Waals surface area contributed by atoms with Crippen LogP contribution < -0.4 is 11.4 Å². The fourth-order valence-electron chi connectivity index (χ4n) is 2.34. The van der Waals surface area contributed by atoms with Crippen LogP contribution in [0.15, 0.2) is 22.2 Å². The number of hydrogen-bond donors (Lipinski definition) is 3. The predicted molar refractivity (Wildman–Crippen MR) is 72.5 cm³/mol. The van der Waals surface area contributed by atoms with E-state index in [0.717, 1.165) is 4.57 Å². The third kappa shape index (κ3) is 2.74. The number of azide groups is 1. The van der Waals surface area contributed by atoms with E-state index in [4.69, 9.17) is 16.0 Å². The van der Waals surface area contributed by atoms with Crippen molar-refractivity contribution in [2.24, 2.45) is 5.11 Å². The molecular formula is C11H15FN6O4. The Morgan fingerprint density at radius 1 is 1.73 bits per heavy atom. The molecule has 1 aliphatic heterocycles. The molecule has 11 heteroatoms. The minimum atomic E-state index is -2.35. The first-order chi connectivity index (χ1) is 10.4. The summed E-state index contributed by atoms with van der Waals surface area (Å²) >= 11 is 0. The van der Waals surface area contributed by atoms with E-state index in [1.54, 1.807) is 0 Å². The molecule has 0 aliphatic carbocycles. The lowest BCUT2D eigenvalue weighted by molar-refractivity contribution is -0.0919. The zero-order valence-electron chi connectivity index (χ0n) is 11.5. The molecule has 0 aromatic carbocycles. The van der Waals surface area contributed by atoms with Gasteiger partial charge in [0.05, 0.1) is 26.3 Å². The average Bonchev–Trinajstić information content (AvgIpc) is 2.74. The van der Waals surface area contributed by atoms with Crippen LogP contribution in [0.25, 0.3) is 10.4 Å². The summed E-state index contributed by atoms with van der Waals surface area (Å²) in [7, 11) is 0. The number of aromatic nitrogens is 2. The van der Waals surface area contributed by atoms with Gasteiger partial charge in [0, 0.05) is 11.1 Å². The molecular weight excluding hydrogens is 299 g/mol. The Hall–Kier alpha value is -2.20. The Morgan fingerprint density at radius 3 is 3.05 bits per heavy atom. The van der Waals surface area contributed by atoms with Crippen LogP contribution >= 0.6 is 0 Å². The van der Waals surface area contributed by atoms with E-state index >= 15 is 0 Å². The second kappa shape index (κ2) is 5.89. The van der Waals surface area contributed by atoms with Crippen LogP contribution in [-0.2, 0) is 11.3 Å². The normalized spacial score (nSPS) is 31.0. The molecule has 120 valence electrons. The summed E-state index contributed by atoms with van der Waals surface area (Å²) in [5, 5.41) is 22.8. The minimum Gasteiger partial charge on any atom is -0.393 e. The van der Waals surface area contributed by atoms with E-state index in [1.165, 1.54) is 12.3 Å². The summed E-state index contributed by atoms with van der Waals surface area (Å²) in [5.41, 5.74) is 8.80. The van der Waals surface area contributed by atoms with Gasteiger partial charge in [0.15, 0.2) is 5.67 Å². The smallest absolute Gasteiger partial charge is 0.349 e. The molecule has 1 saturated heterocycles. The van der Waals surface area contributed by atoms with Gasteiger partial charge in [0.1, 0.15) is 17.5 Å². The van der Waals surface area contributed by atoms with Crippen LogP contribution in [-0.4, -0.2) is 56.9 Å². The fourth-order valence-corrected chi connectivity index (χ4v) is 2.34. The molecule has 0 saturated carbocycles. The molecule has 0 bridgehead atoms. The maximum atomic E-state index is 14.9. The largest absolute Gasteiger partial charge is 0.393 e. The Balaban J connectivity index is 2.27. The van der Waals surface area contributed by atoms with Crippen molar-refractivity contribution < 1.29 is 19.3 Å². The number of nitrogens with zero attached hydrogens (tertiary/aromatic N) is 5. The number of alkyl halides is 1. The molecule has 0 unspecified atom stereocenters. The highest BCUT2D eigenvalue weighted by atomic mass is 19.1. The Labute approximate surface area is 123 Å². The minimum absolute atomic E-state index is 0.00885. The summed E-state index contributed by atoms with van der Waals surface area (Å²) in [5.74, 6) is -0.00885. The van der Waals surface area contributed by atoms with E-state index in [1.807, 2.05) is 0 Å². The Kier molecular flexibility index (Phi) is 4.33. The molecule has 10 nitrogen and oxygen atoms in total. The monoisotopic (exact) mass is 314 g/mol. The van der Waals surface area contributed by atoms with Crippen LogP contribution in [0.4, 0.5) is 10.2 Å². The number of aliphatic hydroxyl groups is 2. The number of halogens is 1. The van der Waals surface area contributed by atoms with Crippen molar-refractivity contribution in [2.75, 3.05) is 25.5 Å². The number of ether oxygens (including phenoxy) is 1. The summed E-state index contributed by atoms with van der Waals surface area (Å²) in [6.45, 7) is -2.31. The zero-order chi connectivity index (χ0) is 16.4. The molecule has 1 aromatic rings. The van der Waals surface area contributed by atoms with Gasteiger partial charge >= 0.3 is 5.69 Å². The average molecular weight is 314 g/mol. The Morgan fingerprint density at radius 2 is 2.45 bits per heavy atom. The first kappa shape index (κ1) is 16.2. The highest BCUT2D eigenvalue weighted by Gasteiger charge is 2.58. The van der Waals surface area contributed by atoms with Gasteiger partial charge in [-0.1, -0.05) is 5.11 Å². The van der Waals surface area contributed by atoms with Crippen molar-refractivity contribution in [2.45, 2.75) is 23.9 Å². The van der Waals surface area contributed by atoms with E-state index in [0.29, 0.717) is 0 Å². The molecule has 0 spiro atoms. The van der Waals surface area contributed by atoms with Crippen LogP contribution in [0.1, 0.15) is 0 Å².